The Hall–Kier alpha value is -1.95. The normalized spacial score (nSPS) is 18.9. The highest BCUT2D eigenvalue weighted by Gasteiger charge is 2.18. The highest BCUT2D eigenvalue weighted by atomic mass is 16.5. The summed E-state index contributed by atoms with van der Waals surface area (Å²) in [5.41, 5.74) is 2.02. The molecule has 2 aromatic heterocycles. The molecule has 3 rings (SSSR count). The minimum absolute atomic E-state index is 0.139. The second-order valence-electron chi connectivity index (χ2n) is 4.73. The van der Waals surface area contributed by atoms with Gasteiger partial charge in [0.25, 0.3) is 5.91 Å². The number of nitrogens with zero attached hydrogens (tertiary/aromatic N) is 3. The Labute approximate surface area is 110 Å². The third-order valence-corrected chi connectivity index (χ3v) is 3.23. The van der Waals surface area contributed by atoms with Crippen molar-refractivity contribution in [3.63, 3.8) is 0 Å². The van der Waals surface area contributed by atoms with E-state index in [-0.39, 0.29) is 12.0 Å². The van der Waals surface area contributed by atoms with Crippen molar-refractivity contribution in [2.45, 2.75) is 25.9 Å². The molecule has 6 heteroatoms. The molecule has 1 fully saturated rings. The topological polar surface area (TPSA) is 68.5 Å². The second-order valence-corrected chi connectivity index (χ2v) is 4.73. The molecule has 0 aromatic carbocycles. The molecule has 0 bridgehead atoms. The molecule has 0 aliphatic carbocycles. The van der Waals surface area contributed by atoms with Gasteiger partial charge in [-0.2, -0.15) is 5.10 Å². The summed E-state index contributed by atoms with van der Waals surface area (Å²) in [5, 5.41) is 7.17. The van der Waals surface area contributed by atoms with E-state index in [9.17, 15) is 4.79 Å². The smallest absolute Gasteiger partial charge is 0.270 e. The third kappa shape index (κ3) is 2.44. The maximum Gasteiger partial charge on any atom is 0.270 e. The van der Waals surface area contributed by atoms with Gasteiger partial charge in [-0.25, -0.2) is 9.50 Å². The first-order valence-electron chi connectivity index (χ1n) is 6.45. The Morgan fingerprint density at radius 3 is 3.32 bits per heavy atom. The maximum atomic E-state index is 12.2. The van der Waals surface area contributed by atoms with Crippen molar-refractivity contribution < 1.29 is 9.53 Å². The number of aromatic nitrogens is 3. The van der Waals surface area contributed by atoms with Gasteiger partial charge in [-0.05, 0) is 25.8 Å². The van der Waals surface area contributed by atoms with E-state index in [0.29, 0.717) is 17.9 Å². The van der Waals surface area contributed by atoms with E-state index in [4.69, 9.17) is 4.74 Å². The molecule has 1 amide bonds. The zero-order valence-corrected chi connectivity index (χ0v) is 10.8. The summed E-state index contributed by atoms with van der Waals surface area (Å²) in [4.78, 5) is 16.3. The lowest BCUT2D eigenvalue weighted by Gasteiger charge is -2.11. The number of rotatable bonds is 3. The minimum Gasteiger partial charge on any atom is -0.376 e. The number of aryl methyl sites for hydroxylation is 1. The van der Waals surface area contributed by atoms with Crippen LogP contribution in [0.15, 0.2) is 18.3 Å². The average molecular weight is 260 g/mol. The molecule has 0 spiro atoms. The van der Waals surface area contributed by atoms with E-state index in [0.717, 1.165) is 25.1 Å². The Kier molecular flexibility index (Phi) is 3.16. The number of carbonyl (C=O) groups is 1. The standard InChI is InChI=1S/C13H16N4O2/c1-9-7-12-14-5-4-11(17(12)16-9)13(18)15-8-10-3-2-6-19-10/h4-5,7,10H,2-3,6,8H2,1H3,(H,15,18). The highest BCUT2D eigenvalue weighted by molar-refractivity contribution is 5.92. The van der Waals surface area contributed by atoms with Crippen LogP contribution < -0.4 is 5.32 Å². The van der Waals surface area contributed by atoms with Crippen molar-refractivity contribution in [3.05, 3.63) is 29.7 Å². The van der Waals surface area contributed by atoms with Crippen LogP contribution in [0.25, 0.3) is 5.65 Å². The molecule has 1 atom stereocenters. The van der Waals surface area contributed by atoms with Gasteiger partial charge in [-0.15, -0.1) is 0 Å². The molecule has 100 valence electrons. The summed E-state index contributed by atoms with van der Waals surface area (Å²) < 4.78 is 7.05. The zero-order chi connectivity index (χ0) is 13.2. The highest BCUT2D eigenvalue weighted by Crippen LogP contribution is 2.11. The molecular weight excluding hydrogens is 244 g/mol. The van der Waals surface area contributed by atoms with Crippen molar-refractivity contribution in [3.8, 4) is 0 Å². The second kappa shape index (κ2) is 4.97. The number of nitrogens with one attached hydrogen (secondary N) is 1. The lowest BCUT2D eigenvalue weighted by Crippen LogP contribution is -2.33. The fourth-order valence-electron chi connectivity index (χ4n) is 2.28. The molecule has 1 aliphatic rings. The van der Waals surface area contributed by atoms with Gasteiger partial charge in [0.05, 0.1) is 11.8 Å². The molecule has 2 aromatic rings. The van der Waals surface area contributed by atoms with Gasteiger partial charge < -0.3 is 10.1 Å². The van der Waals surface area contributed by atoms with Crippen molar-refractivity contribution >= 4 is 11.6 Å². The average Bonchev–Trinajstić information content (AvgIpc) is 3.02. The number of carbonyl (C=O) groups excluding carboxylic acids is 1. The molecule has 0 saturated carbocycles. The summed E-state index contributed by atoms with van der Waals surface area (Å²) in [5.74, 6) is -0.147. The lowest BCUT2D eigenvalue weighted by molar-refractivity contribution is 0.0851. The number of hydrogen-bond donors (Lipinski definition) is 1. The van der Waals surface area contributed by atoms with Gasteiger partial charge in [-0.3, -0.25) is 4.79 Å². The zero-order valence-electron chi connectivity index (χ0n) is 10.8. The van der Waals surface area contributed by atoms with E-state index >= 15 is 0 Å². The van der Waals surface area contributed by atoms with Crippen LogP contribution in [-0.4, -0.2) is 39.8 Å². The van der Waals surface area contributed by atoms with Crippen LogP contribution in [-0.2, 0) is 4.74 Å². The van der Waals surface area contributed by atoms with E-state index in [1.807, 2.05) is 13.0 Å². The molecule has 1 unspecified atom stereocenters. The van der Waals surface area contributed by atoms with Crippen LogP contribution in [0.5, 0.6) is 0 Å². The summed E-state index contributed by atoms with van der Waals surface area (Å²) in [6, 6.07) is 3.52. The van der Waals surface area contributed by atoms with Gasteiger partial charge in [-0.1, -0.05) is 0 Å². The number of amides is 1. The minimum atomic E-state index is -0.147. The van der Waals surface area contributed by atoms with Gasteiger partial charge in [0.1, 0.15) is 5.69 Å². The van der Waals surface area contributed by atoms with Crippen LogP contribution in [0.4, 0.5) is 0 Å². The number of hydrogen-bond acceptors (Lipinski definition) is 4. The molecular formula is C13H16N4O2. The Morgan fingerprint density at radius 2 is 2.53 bits per heavy atom. The van der Waals surface area contributed by atoms with E-state index in [1.165, 1.54) is 0 Å². The largest absolute Gasteiger partial charge is 0.376 e. The van der Waals surface area contributed by atoms with Gasteiger partial charge >= 0.3 is 0 Å². The summed E-state index contributed by atoms with van der Waals surface area (Å²) in [6.07, 6.45) is 3.84. The first kappa shape index (κ1) is 12.1. The first-order valence-corrected chi connectivity index (χ1v) is 6.45. The van der Waals surface area contributed by atoms with Gasteiger partial charge in [0, 0.05) is 25.4 Å². The fraction of sp³-hybridized carbons (Fsp3) is 0.462. The summed E-state index contributed by atoms with van der Waals surface area (Å²) >= 11 is 0. The summed E-state index contributed by atoms with van der Waals surface area (Å²) in [6.45, 7) is 3.21. The SMILES string of the molecule is Cc1cc2nccc(C(=O)NCC3CCCO3)n2n1. The Balaban J connectivity index is 1.77. The fourth-order valence-corrected chi connectivity index (χ4v) is 2.28. The van der Waals surface area contributed by atoms with E-state index < -0.39 is 0 Å². The third-order valence-electron chi connectivity index (χ3n) is 3.23. The van der Waals surface area contributed by atoms with Crippen molar-refractivity contribution in [1.82, 2.24) is 19.9 Å². The van der Waals surface area contributed by atoms with Crippen LogP contribution >= 0.6 is 0 Å². The maximum absolute atomic E-state index is 12.2. The van der Waals surface area contributed by atoms with Gasteiger partial charge in [0.15, 0.2) is 5.65 Å². The number of ether oxygens (including phenoxy) is 1. The van der Waals surface area contributed by atoms with Crippen LogP contribution in [0.1, 0.15) is 29.0 Å². The monoisotopic (exact) mass is 260 g/mol. The quantitative estimate of drug-likeness (QED) is 0.892. The molecule has 6 nitrogen and oxygen atoms in total. The molecule has 1 saturated heterocycles. The number of fused-ring (bicyclic) bond motifs is 1. The van der Waals surface area contributed by atoms with Crippen LogP contribution in [0.2, 0.25) is 0 Å². The van der Waals surface area contributed by atoms with Crippen molar-refractivity contribution in [1.29, 1.82) is 0 Å². The Bertz CT molecular complexity index is 602. The molecule has 0 radical (unpaired) electrons. The predicted octanol–water partition coefficient (Wildman–Crippen LogP) is 0.947. The molecule has 3 heterocycles. The predicted molar refractivity (Wildman–Crippen MR) is 69.0 cm³/mol. The van der Waals surface area contributed by atoms with Crippen molar-refractivity contribution in [2.24, 2.45) is 0 Å². The molecule has 1 N–H and O–H groups in total. The van der Waals surface area contributed by atoms with Gasteiger partial charge in [0.2, 0.25) is 0 Å². The van der Waals surface area contributed by atoms with E-state index in [2.05, 4.69) is 15.4 Å². The first-order chi connectivity index (χ1) is 9.24. The Morgan fingerprint density at radius 1 is 1.63 bits per heavy atom. The van der Waals surface area contributed by atoms with Crippen LogP contribution in [0.3, 0.4) is 0 Å². The van der Waals surface area contributed by atoms with E-state index in [1.54, 1.807) is 16.8 Å². The van der Waals surface area contributed by atoms with Crippen molar-refractivity contribution in [2.75, 3.05) is 13.2 Å². The van der Waals surface area contributed by atoms with Crippen LogP contribution in [0, 0.1) is 6.92 Å². The lowest BCUT2D eigenvalue weighted by atomic mass is 10.2. The molecule has 1 aliphatic heterocycles. The summed E-state index contributed by atoms with van der Waals surface area (Å²) in [7, 11) is 0. The molecule has 19 heavy (non-hydrogen) atoms.